The molecule has 0 aromatic rings. The van der Waals surface area contributed by atoms with Crippen molar-refractivity contribution in [3.8, 4) is 0 Å². The molecule has 0 spiro atoms. The van der Waals surface area contributed by atoms with Crippen molar-refractivity contribution in [2.24, 2.45) is 0 Å². The van der Waals surface area contributed by atoms with E-state index in [1.807, 2.05) is 6.92 Å². The van der Waals surface area contributed by atoms with Gasteiger partial charge in [0.1, 0.15) is 0 Å². The summed E-state index contributed by atoms with van der Waals surface area (Å²) >= 11 is 0. The van der Waals surface area contributed by atoms with E-state index in [-0.39, 0.29) is 0 Å². The summed E-state index contributed by atoms with van der Waals surface area (Å²) in [4.78, 5) is 0. The first-order chi connectivity index (χ1) is 14.2. The molecule has 0 saturated heterocycles. The van der Waals surface area contributed by atoms with Crippen LogP contribution >= 0.6 is 0 Å². The average Bonchev–Trinajstić information content (AvgIpc) is 2.64. The maximum atomic E-state index is 12.0. The van der Waals surface area contributed by atoms with Gasteiger partial charge in [-0.2, -0.15) is 8.78 Å². The van der Waals surface area contributed by atoms with Crippen LogP contribution in [0.15, 0.2) is 70.4 Å². The summed E-state index contributed by atoms with van der Waals surface area (Å²) in [5, 5.41) is 0. The second kappa shape index (κ2) is 18.1. The highest BCUT2D eigenvalue weighted by molar-refractivity contribution is 5.07. The molecule has 0 heterocycles. The fourth-order valence-corrected chi connectivity index (χ4v) is 3.16. The van der Waals surface area contributed by atoms with Gasteiger partial charge in [-0.1, -0.05) is 58.2 Å². The minimum absolute atomic E-state index is 0.427. The zero-order chi connectivity index (χ0) is 22.8. The summed E-state index contributed by atoms with van der Waals surface area (Å²) in [6.45, 7) is 13.0. The quantitative estimate of drug-likeness (QED) is 0.183. The Morgan fingerprint density at radius 2 is 0.733 bits per heavy atom. The molecule has 0 fully saturated rings. The first kappa shape index (κ1) is 28.3. The van der Waals surface area contributed by atoms with Crippen molar-refractivity contribution < 1.29 is 8.78 Å². The summed E-state index contributed by atoms with van der Waals surface area (Å²) in [6.07, 6.45) is 21.0. The third kappa shape index (κ3) is 19.6. The molecule has 0 unspecified atom stereocenters. The van der Waals surface area contributed by atoms with Crippen molar-refractivity contribution in [3.63, 3.8) is 0 Å². The van der Waals surface area contributed by atoms with Gasteiger partial charge < -0.3 is 0 Å². The van der Waals surface area contributed by atoms with Crippen molar-refractivity contribution in [1.82, 2.24) is 0 Å². The van der Waals surface area contributed by atoms with Gasteiger partial charge in [-0.05, 0) is 112 Å². The molecule has 0 nitrogen and oxygen atoms in total. The van der Waals surface area contributed by atoms with Gasteiger partial charge in [-0.25, -0.2) is 0 Å². The number of hydrogen-bond donors (Lipinski definition) is 0. The van der Waals surface area contributed by atoms with E-state index in [4.69, 9.17) is 0 Å². The highest BCUT2D eigenvalue weighted by Crippen LogP contribution is 2.14. The third-order valence-corrected chi connectivity index (χ3v) is 5.14. The number of halogens is 2. The van der Waals surface area contributed by atoms with Gasteiger partial charge in [0, 0.05) is 0 Å². The molecular formula is C28H44F2. The molecule has 0 atom stereocenters. The third-order valence-electron chi connectivity index (χ3n) is 5.14. The number of unbranched alkanes of at least 4 members (excludes halogenated alkanes) is 1. The van der Waals surface area contributed by atoms with Gasteiger partial charge in [-0.15, -0.1) is 0 Å². The minimum Gasteiger partial charge on any atom is -0.174 e. The first-order valence-electron chi connectivity index (χ1n) is 11.5. The van der Waals surface area contributed by atoms with Crippen LogP contribution in [0.2, 0.25) is 0 Å². The van der Waals surface area contributed by atoms with E-state index in [1.165, 1.54) is 34.3 Å². The Balaban J connectivity index is 4.05. The summed E-state index contributed by atoms with van der Waals surface area (Å²) in [7, 11) is 0. The molecule has 0 bridgehead atoms. The molecule has 2 heteroatoms. The Hall–Kier alpha value is -1.70. The van der Waals surface area contributed by atoms with E-state index in [2.05, 4.69) is 65.0 Å². The Morgan fingerprint density at radius 1 is 0.433 bits per heavy atom. The second-order valence-corrected chi connectivity index (χ2v) is 8.71. The van der Waals surface area contributed by atoms with Gasteiger partial charge in [0.15, 0.2) is 0 Å². The zero-order valence-corrected chi connectivity index (χ0v) is 20.3. The molecule has 170 valence electrons. The SMILES string of the molecule is CC(C)=CCC/C(C)=C/CC/C(C)=C/CC/C=C(\C)CC/C=C(/C)CCC=C(F)F. The Bertz CT molecular complexity index is 588. The second-order valence-electron chi connectivity index (χ2n) is 8.71. The predicted octanol–water partition coefficient (Wildman–Crippen LogP) is 10.4. The molecule has 0 N–H and O–H groups in total. The Morgan fingerprint density at radius 3 is 1.07 bits per heavy atom. The predicted molar refractivity (Wildman–Crippen MR) is 131 cm³/mol. The smallest absolute Gasteiger partial charge is 0.174 e. The highest BCUT2D eigenvalue weighted by Gasteiger charge is 1.95. The van der Waals surface area contributed by atoms with Crippen LogP contribution in [0.1, 0.15) is 106 Å². The molecule has 0 aliphatic carbocycles. The molecule has 0 radical (unpaired) electrons. The van der Waals surface area contributed by atoms with Gasteiger partial charge in [-0.3, -0.25) is 0 Å². The lowest BCUT2D eigenvalue weighted by atomic mass is 10.0. The topological polar surface area (TPSA) is 0 Å². The fraction of sp³-hybridized carbons (Fsp3) is 0.571. The zero-order valence-electron chi connectivity index (χ0n) is 20.3. The largest absolute Gasteiger partial charge is 0.266 e. The first-order valence-corrected chi connectivity index (χ1v) is 11.5. The van der Waals surface area contributed by atoms with Gasteiger partial charge in [0.25, 0.3) is 6.08 Å². The molecular weight excluding hydrogens is 374 g/mol. The normalized spacial score (nSPS) is 13.5. The molecule has 0 aliphatic rings. The molecule has 0 aliphatic heterocycles. The van der Waals surface area contributed by atoms with Crippen molar-refractivity contribution in [2.45, 2.75) is 106 Å². The van der Waals surface area contributed by atoms with Crippen LogP contribution in [0.4, 0.5) is 8.78 Å². The molecule has 30 heavy (non-hydrogen) atoms. The molecule has 0 aromatic carbocycles. The standard InChI is InChI=1S/C28H44F2/c1-23(2)13-9-16-26(5)19-10-17-24(3)14-7-8-15-25(4)18-11-20-27(6)21-12-22-28(29)30/h13-15,19-20,22H,7-12,16-18,21H2,1-6H3/b24-14+,25-15+,26-19+,27-20-. The number of hydrogen-bond acceptors (Lipinski definition) is 0. The fourth-order valence-electron chi connectivity index (χ4n) is 3.16. The maximum Gasteiger partial charge on any atom is 0.266 e. The highest BCUT2D eigenvalue weighted by atomic mass is 19.3. The Kier molecular flexibility index (Phi) is 17.1. The average molecular weight is 419 g/mol. The van der Waals surface area contributed by atoms with E-state index in [9.17, 15) is 8.78 Å². The van der Waals surface area contributed by atoms with Gasteiger partial charge >= 0.3 is 0 Å². The lowest BCUT2D eigenvalue weighted by Gasteiger charge is -2.02. The minimum atomic E-state index is -1.58. The van der Waals surface area contributed by atoms with E-state index in [0.29, 0.717) is 12.8 Å². The molecule has 0 saturated carbocycles. The van der Waals surface area contributed by atoms with Crippen molar-refractivity contribution >= 4 is 0 Å². The molecule has 0 rings (SSSR count). The molecule has 0 amide bonds. The summed E-state index contributed by atoms with van der Waals surface area (Å²) in [5.74, 6) is 0. The number of allylic oxidation sites excluding steroid dienone is 11. The van der Waals surface area contributed by atoms with Crippen LogP contribution in [0, 0.1) is 0 Å². The van der Waals surface area contributed by atoms with Gasteiger partial charge in [0.2, 0.25) is 0 Å². The Labute approximate surface area is 185 Å². The van der Waals surface area contributed by atoms with Crippen LogP contribution in [0.5, 0.6) is 0 Å². The van der Waals surface area contributed by atoms with Crippen molar-refractivity contribution in [3.05, 3.63) is 70.4 Å². The van der Waals surface area contributed by atoms with Crippen LogP contribution in [0.25, 0.3) is 0 Å². The van der Waals surface area contributed by atoms with E-state index in [0.717, 1.165) is 51.0 Å². The van der Waals surface area contributed by atoms with Crippen LogP contribution in [-0.4, -0.2) is 0 Å². The molecule has 0 aromatic heterocycles. The van der Waals surface area contributed by atoms with E-state index >= 15 is 0 Å². The van der Waals surface area contributed by atoms with Crippen molar-refractivity contribution in [2.75, 3.05) is 0 Å². The lowest BCUT2D eigenvalue weighted by Crippen LogP contribution is -1.82. The monoisotopic (exact) mass is 418 g/mol. The lowest BCUT2D eigenvalue weighted by molar-refractivity contribution is 0.417. The van der Waals surface area contributed by atoms with E-state index in [1.54, 1.807) is 0 Å². The van der Waals surface area contributed by atoms with Crippen LogP contribution < -0.4 is 0 Å². The van der Waals surface area contributed by atoms with Gasteiger partial charge in [0.05, 0.1) is 0 Å². The van der Waals surface area contributed by atoms with Crippen LogP contribution in [-0.2, 0) is 0 Å². The van der Waals surface area contributed by atoms with Crippen molar-refractivity contribution in [1.29, 1.82) is 0 Å². The van der Waals surface area contributed by atoms with Crippen LogP contribution in [0.3, 0.4) is 0 Å². The summed E-state index contributed by atoms with van der Waals surface area (Å²) < 4.78 is 24.0. The van der Waals surface area contributed by atoms with E-state index < -0.39 is 6.08 Å². The number of rotatable bonds is 15. The summed E-state index contributed by atoms with van der Waals surface area (Å²) in [6, 6.07) is 0. The summed E-state index contributed by atoms with van der Waals surface area (Å²) in [5.41, 5.74) is 6.98. The maximum absolute atomic E-state index is 12.0.